The molecule has 1 saturated carbocycles. The zero-order chi connectivity index (χ0) is 17.3. The Morgan fingerprint density at radius 1 is 1.29 bits per heavy atom. The first-order valence-corrected chi connectivity index (χ1v) is 8.72. The number of rotatable bonds is 2. The summed E-state index contributed by atoms with van der Waals surface area (Å²) in [5, 5.41) is 7.20. The van der Waals surface area contributed by atoms with Crippen LogP contribution in [-0.2, 0) is 4.79 Å². The number of nitrogens with zero attached hydrogens (tertiary/aromatic N) is 2. The molecule has 1 N–H and O–H groups in total. The van der Waals surface area contributed by atoms with Crippen LogP contribution < -0.4 is 0 Å². The summed E-state index contributed by atoms with van der Waals surface area (Å²) in [6, 6.07) is 1.99. The number of carbonyl (C=O) groups is 1. The molecule has 0 radical (unpaired) electrons. The van der Waals surface area contributed by atoms with Crippen molar-refractivity contribution < 1.29 is 18.0 Å². The predicted octanol–water partition coefficient (Wildman–Crippen LogP) is 3.79. The van der Waals surface area contributed by atoms with E-state index in [0.717, 1.165) is 24.2 Å². The van der Waals surface area contributed by atoms with Crippen LogP contribution in [0.5, 0.6) is 0 Å². The van der Waals surface area contributed by atoms with Crippen molar-refractivity contribution in [1.29, 1.82) is 0 Å². The predicted molar refractivity (Wildman–Crippen MR) is 83.4 cm³/mol. The second-order valence-electron chi connectivity index (χ2n) is 7.20. The maximum atomic E-state index is 13.0. The van der Waals surface area contributed by atoms with Crippen molar-refractivity contribution in [1.82, 2.24) is 15.1 Å². The summed E-state index contributed by atoms with van der Waals surface area (Å²) < 4.78 is 38.9. The highest BCUT2D eigenvalue weighted by Gasteiger charge is 2.44. The molecule has 3 rings (SSSR count). The molecule has 134 valence electrons. The smallest absolute Gasteiger partial charge is 0.342 e. The first kappa shape index (κ1) is 17.3. The minimum atomic E-state index is -4.18. The lowest BCUT2D eigenvalue weighted by atomic mass is 9.80. The van der Waals surface area contributed by atoms with Crippen LogP contribution in [0.1, 0.15) is 55.8 Å². The van der Waals surface area contributed by atoms with E-state index in [9.17, 15) is 18.0 Å². The Morgan fingerprint density at radius 3 is 2.75 bits per heavy atom. The Bertz CT molecular complexity index is 584. The van der Waals surface area contributed by atoms with Gasteiger partial charge < -0.3 is 4.90 Å². The van der Waals surface area contributed by atoms with Crippen LogP contribution in [0.15, 0.2) is 6.07 Å². The maximum Gasteiger partial charge on any atom is 0.391 e. The van der Waals surface area contributed by atoms with Crippen molar-refractivity contribution in [3.05, 3.63) is 17.5 Å². The number of piperidine rings is 1. The van der Waals surface area contributed by atoms with E-state index in [4.69, 9.17) is 0 Å². The molecule has 1 amide bonds. The fraction of sp³-hybridized carbons (Fsp3) is 0.765. The quantitative estimate of drug-likeness (QED) is 0.888. The topological polar surface area (TPSA) is 49.0 Å². The number of likely N-dealkylation sites (tertiary alicyclic amines) is 1. The summed E-state index contributed by atoms with van der Waals surface area (Å²) in [6.45, 7) is 3.14. The number of aryl methyl sites for hydroxylation is 1. The van der Waals surface area contributed by atoms with E-state index in [0.29, 0.717) is 25.9 Å². The number of hydrogen-bond acceptors (Lipinski definition) is 2. The van der Waals surface area contributed by atoms with Crippen molar-refractivity contribution in [3.8, 4) is 0 Å². The van der Waals surface area contributed by atoms with Crippen molar-refractivity contribution in [3.63, 3.8) is 0 Å². The number of H-pyrrole nitrogens is 1. The second kappa shape index (κ2) is 6.76. The molecule has 3 atom stereocenters. The molecule has 7 heteroatoms. The molecule has 1 aliphatic heterocycles. The maximum absolute atomic E-state index is 13.0. The zero-order valence-corrected chi connectivity index (χ0v) is 13.9. The molecule has 0 spiro atoms. The van der Waals surface area contributed by atoms with Gasteiger partial charge in [0.05, 0.1) is 11.6 Å². The monoisotopic (exact) mass is 343 g/mol. The van der Waals surface area contributed by atoms with E-state index < -0.39 is 18.0 Å². The molecule has 0 unspecified atom stereocenters. The molecule has 2 fully saturated rings. The summed E-state index contributed by atoms with van der Waals surface area (Å²) in [5.41, 5.74) is 1.93. The Kier molecular flexibility index (Phi) is 4.88. The number of alkyl halides is 3. The van der Waals surface area contributed by atoms with Crippen molar-refractivity contribution in [2.24, 2.45) is 11.8 Å². The van der Waals surface area contributed by atoms with E-state index in [-0.39, 0.29) is 24.7 Å². The molecule has 2 aliphatic rings. The number of aromatic nitrogens is 2. The van der Waals surface area contributed by atoms with Crippen LogP contribution in [0.4, 0.5) is 13.2 Å². The molecule has 1 aromatic rings. The molecular weight excluding hydrogens is 319 g/mol. The largest absolute Gasteiger partial charge is 0.391 e. The number of carbonyl (C=O) groups excluding carboxylic acids is 1. The Balaban J connectivity index is 1.64. The molecular formula is C17H24F3N3O. The molecule has 2 heterocycles. The number of aromatic amines is 1. The highest BCUT2D eigenvalue weighted by molar-refractivity contribution is 5.79. The van der Waals surface area contributed by atoms with E-state index in [2.05, 4.69) is 10.2 Å². The van der Waals surface area contributed by atoms with E-state index in [1.165, 1.54) is 0 Å². The fourth-order valence-electron chi connectivity index (χ4n) is 4.04. The normalized spacial score (nSPS) is 28.8. The van der Waals surface area contributed by atoms with Gasteiger partial charge in [-0.1, -0.05) is 6.42 Å². The Morgan fingerprint density at radius 2 is 2.08 bits per heavy atom. The lowest BCUT2D eigenvalue weighted by Gasteiger charge is -2.37. The van der Waals surface area contributed by atoms with Gasteiger partial charge in [0.2, 0.25) is 5.91 Å². The van der Waals surface area contributed by atoms with Crippen molar-refractivity contribution >= 4 is 5.91 Å². The highest BCUT2D eigenvalue weighted by Crippen LogP contribution is 2.41. The van der Waals surface area contributed by atoms with Gasteiger partial charge in [-0.3, -0.25) is 9.89 Å². The van der Waals surface area contributed by atoms with Gasteiger partial charge in [-0.25, -0.2) is 0 Å². The number of halogens is 3. The first-order valence-electron chi connectivity index (χ1n) is 8.72. The minimum absolute atomic E-state index is 0.0506. The lowest BCUT2D eigenvalue weighted by Crippen LogP contribution is -2.44. The van der Waals surface area contributed by atoms with Gasteiger partial charge in [0.25, 0.3) is 0 Å². The average molecular weight is 343 g/mol. The molecule has 0 aromatic carbocycles. The van der Waals surface area contributed by atoms with Crippen LogP contribution >= 0.6 is 0 Å². The summed E-state index contributed by atoms with van der Waals surface area (Å²) in [5.74, 6) is -1.73. The third-order valence-electron chi connectivity index (χ3n) is 5.36. The second-order valence-corrected chi connectivity index (χ2v) is 7.20. The molecule has 24 heavy (non-hydrogen) atoms. The van der Waals surface area contributed by atoms with E-state index in [1.54, 1.807) is 4.90 Å². The molecule has 1 saturated heterocycles. The Labute approximate surface area is 139 Å². The number of hydrogen-bond donors (Lipinski definition) is 1. The first-order chi connectivity index (χ1) is 11.3. The van der Waals surface area contributed by atoms with Gasteiger partial charge in [-0.05, 0) is 45.1 Å². The standard InChI is InChI=1S/C17H24F3N3O/c1-11-8-15(22-21-11)13-5-3-7-23(10-13)16(24)12-4-2-6-14(9-12)17(18,19)20/h8,12-14H,2-7,9-10H2,1H3,(H,21,22)/t12-,13+,14-/m0/s1. The molecule has 0 bridgehead atoms. The zero-order valence-electron chi connectivity index (χ0n) is 13.9. The number of nitrogens with one attached hydrogen (secondary N) is 1. The van der Waals surface area contributed by atoms with Gasteiger partial charge in [0.15, 0.2) is 0 Å². The summed E-state index contributed by atoms with van der Waals surface area (Å²) in [6.07, 6.45) is -1.18. The minimum Gasteiger partial charge on any atom is -0.342 e. The molecule has 1 aromatic heterocycles. The van der Waals surface area contributed by atoms with Crippen molar-refractivity contribution in [2.75, 3.05) is 13.1 Å². The third kappa shape index (κ3) is 3.75. The van der Waals surface area contributed by atoms with Crippen LogP contribution in [-0.4, -0.2) is 40.3 Å². The van der Waals surface area contributed by atoms with Crippen LogP contribution in [0.3, 0.4) is 0 Å². The molecule has 1 aliphatic carbocycles. The summed E-state index contributed by atoms with van der Waals surface area (Å²) in [4.78, 5) is 14.5. The third-order valence-corrected chi connectivity index (χ3v) is 5.36. The van der Waals surface area contributed by atoms with Crippen LogP contribution in [0.25, 0.3) is 0 Å². The van der Waals surface area contributed by atoms with Gasteiger partial charge in [-0.15, -0.1) is 0 Å². The molecule has 4 nitrogen and oxygen atoms in total. The lowest BCUT2D eigenvalue weighted by molar-refractivity contribution is -0.187. The van der Waals surface area contributed by atoms with Crippen molar-refractivity contribution in [2.45, 2.75) is 57.5 Å². The summed E-state index contributed by atoms with van der Waals surface area (Å²) >= 11 is 0. The summed E-state index contributed by atoms with van der Waals surface area (Å²) in [7, 11) is 0. The van der Waals surface area contributed by atoms with Crippen LogP contribution in [0.2, 0.25) is 0 Å². The van der Waals surface area contributed by atoms with Gasteiger partial charge in [0.1, 0.15) is 0 Å². The highest BCUT2D eigenvalue weighted by atomic mass is 19.4. The Hall–Kier alpha value is -1.53. The SMILES string of the molecule is Cc1cc([C@@H]2CCCN(C(=O)[C@H]3CCC[C@H](C(F)(F)F)C3)C2)n[nH]1. The van der Waals surface area contributed by atoms with Gasteiger partial charge in [-0.2, -0.15) is 18.3 Å². The fourth-order valence-corrected chi connectivity index (χ4v) is 4.04. The van der Waals surface area contributed by atoms with E-state index >= 15 is 0 Å². The van der Waals surface area contributed by atoms with Gasteiger partial charge >= 0.3 is 6.18 Å². The average Bonchev–Trinajstić information content (AvgIpc) is 3.00. The van der Waals surface area contributed by atoms with Gasteiger partial charge in [0, 0.05) is 30.6 Å². The van der Waals surface area contributed by atoms with Crippen LogP contribution in [0, 0.1) is 18.8 Å². The van der Waals surface area contributed by atoms with E-state index in [1.807, 2.05) is 13.0 Å². The number of amides is 1.